The van der Waals surface area contributed by atoms with Gasteiger partial charge in [0.05, 0.1) is 5.56 Å². The molecule has 104 valence electrons. The van der Waals surface area contributed by atoms with Gasteiger partial charge in [0.2, 0.25) is 0 Å². The highest BCUT2D eigenvalue weighted by Gasteiger charge is 2.12. The van der Waals surface area contributed by atoms with Gasteiger partial charge in [0.25, 0.3) is 0 Å². The molecule has 0 fully saturated rings. The Labute approximate surface area is 116 Å². The lowest BCUT2D eigenvalue weighted by atomic mass is 10.1. The van der Waals surface area contributed by atoms with E-state index in [4.69, 9.17) is 15.7 Å². The van der Waals surface area contributed by atoms with Gasteiger partial charge in [-0.3, -0.25) is 0 Å². The van der Waals surface area contributed by atoms with Crippen LogP contribution in [0.4, 0.5) is 0 Å². The fraction of sp³-hybridized carbons (Fsp3) is 0.333. The molecule has 0 aliphatic rings. The molecule has 0 saturated heterocycles. The summed E-state index contributed by atoms with van der Waals surface area (Å²) in [7, 11) is 0. The van der Waals surface area contributed by atoms with E-state index in [0.29, 0.717) is 25.1 Å². The number of aliphatic hydroxyl groups is 1. The van der Waals surface area contributed by atoms with Crippen molar-refractivity contribution in [2.24, 2.45) is 5.73 Å². The predicted octanol–water partition coefficient (Wildman–Crippen LogP) is 0.0636. The fourth-order valence-corrected chi connectivity index (χ4v) is 1.49. The molecular formula is C12H17N3O3S. The van der Waals surface area contributed by atoms with E-state index in [2.05, 4.69) is 23.0 Å². The van der Waals surface area contributed by atoms with Crippen molar-refractivity contribution in [1.82, 2.24) is 10.8 Å². The lowest BCUT2D eigenvalue weighted by Gasteiger charge is -2.10. The van der Waals surface area contributed by atoms with Crippen LogP contribution in [-0.2, 0) is 11.4 Å². The van der Waals surface area contributed by atoms with Gasteiger partial charge in [-0.1, -0.05) is 18.2 Å². The number of hydrogen-bond acceptors (Lipinski definition) is 5. The zero-order chi connectivity index (χ0) is 14.1. The van der Waals surface area contributed by atoms with Crippen molar-refractivity contribution in [1.29, 1.82) is 0 Å². The van der Waals surface area contributed by atoms with E-state index in [-0.39, 0.29) is 11.7 Å². The van der Waals surface area contributed by atoms with Crippen LogP contribution in [0.3, 0.4) is 0 Å². The van der Waals surface area contributed by atoms with E-state index < -0.39 is 5.97 Å². The number of carbonyl (C=O) groups is 1. The predicted molar refractivity (Wildman–Crippen MR) is 75.2 cm³/mol. The summed E-state index contributed by atoms with van der Waals surface area (Å²) in [5, 5.41) is 11.7. The molecule has 1 rings (SSSR count). The third-order valence-electron chi connectivity index (χ3n) is 2.31. The van der Waals surface area contributed by atoms with Gasteiger partial charge in [0.15, 0.2) is 5.11 Å². The third-order valence-corrected chi connectivity index (χ3v) is 2.39. The number of carbonyl (C=O) groups excluding carboxylic acids is 1. The first kappa shape index (κ1) is 15.4. The largest absolute Gasteiger partial charge is 0.396 e. The Hall–Kier alpha value is -1.70. The van der Waals surface area contributed by atoms with Gasteiger partial charge in [-0.15, -0.1) is 0 Å². The quantitative estimate of drug-likeness (QED) is 0.333. The number of nitrogens with one attached hydrogen (secondary N) is 2. The Morgan fingerprint density at radius 1 is 1.42 bits per heavy atom. The number of hydrogen-bond donors (Lipinski definition) is 4. The second-order valence-electron chi connectivity index (χ2n) is 3.77. The van der Waals surface area contributed by atoms with Crippen LogP contribution >= 0.6 is 12.2 Å². The summed E-state index contributed by atoms with van der Waals surface area (Å²) in [6, 6.07) is 7.06. The molecule has 19 heavy (non-hydrogen) atoms. The minimum absolute atomic E-state index is 0.105. The summed E-state index contributed by atoms with van der Waals surface area (Å²) in [4.78, 5) is 16.5. The second kappa shape index (κ2) is 8.41. The monoisotopic (exact) mass is 283 g/mol. The van der Waals surface area contributed by atoms with Crippen molar-refractivity contribution in [2.45, 2.75) is 13.0 Å². The highest BCUT2D eigenvalue weighted by atomic mass is 32.1. The molecule has 1 aromatic carbocycles. The number of aliphatic hydroxyl groups excluding tert-OH is 1. The van der Waals surface area contributed by atoms with Crippen molar-refractivity contribution >= 4 is 23.3 Å². The number of benzene rings is 1. The van der Waals surface area contributed by atoms with Crippen LogP contribution in [0.1, 0.15) is 22.3 Å². The maximum Gasteiger partial charge on any atom is 0.363 e. The Bertz CT molecular complexity index is 440. The number of nitrogens with two attached hydrogens (primary N) is 1. The van der Waals surface area contributed by atoms with Gasteiger partial charge in [0, 0.05) is 13.2 Å². The Morgan fingerprint density at radius 3 is 2.84 bits per heavy atom. The average molecular weight is 283 g/mol. The van der Waals surface area contributed by atoms with E-state index >= 15 is 0 Å². The normalized spacial score (nSPS) is 9.95. The number of rotatable bonds is 6. The van der Waals surface area contributed by atoms with Crippen LogP contribution < -0.4 is 16.5 Å². The van der Waals surface area contributed by atoms with E-state index in [1.165, 1.54) is 0 Å². The van der Waals surface area contributed by atoms with Gasteiger partial charge in [-0.25, -0.2) is 4.79 Å². The zero-order valence-electron chi connectivity index (χ0n) is 10.4. The topological polar surface area (TPSA) is 96.6 Å². The van der Waals surface area contributed by atoms with Crippen LogP contribution in [0.15, 0.2) is 24.3 Å². The molecule has 0 aliphatic carbocycles. The first-order valence-electron chi connectivity index (χ1n) is 5.81. The molecule has 0 heterocycles. The van der Waals surface area contributed by atoms with Crippen molar-refractivity contribution in [3.8, 4) is 0 Å². The van der Waals surface area contributed by atoms with Gasteiger partial charge < -0.3 is 21.0 Å². The Morgan fingerprint density at radius 2 is 2.16 bits per heavy atom. The summed E-state index contributed by atoms with van der Waals surface area (Å²) < 4.78 is 0. The maximum atomic E-state index is 11.8. The minimum atomic E-state index is -0.549. The molecule has 0 atom stereocenters. The summed E-state index contributed by atoms with van der Waals surface area (Å²) in [6.45, 7) is 1.32. The van der Waals surface area contributed by atoms with Crippen LogP contribution in [0.25, 0.3) is 0 Å². The fourth-order valence-electron chi connectivity index (χ4n) is 1.45. The Kier molecular flexibility index (Phi) is 6.80. The maximum absolute atomic E-state index is 11.8. The highest BCUT2D eigenvalue weighted by molar-refractivity contribution is 7.80. The zero-order valence-corrected chi connectivity index (χ0v) is 11.2. The standard InChI is InChI=1S/C12H17N3O3S/c13-12(19)15-18-11(17)10-5-2-1-4-9(10)8-14-6-3-7-16/h1-2,4-5,14,16H,3,6-8H2,(H3,13,15,19). The first-order valence-corrected chi connectivity index (χ1v) is 6.22. The molecule has 0 amide bonds. The number of thiocarbonyl (C=S) groups is 1. The van der Waals surface area contributed by atoms with Crippen LogP contribution in [0.5, 0.6) is 0 Å². The van der Waals surface area contributed by atoms with Gasteiger partial charge in [-0.2, -0.15) is 5.48 Å². The van der Waals surface area contributed by atoms with Gasteiger partial charge >= 0.3 is 5.97 Å². The average Bonchev–Trinajstić information content (AvgIpc) is 2.41. The van der Waals surface area contributed by atoms with Crippen LogP contribution in [-0.4, -0.2) is 29.3 Å². The summed E-state index contributed by atoms with van der Waals surface area (Å²) in [5.41, 5.74) is 8.57. The van der Waals surface area contributed by atoms with E-state index in [1.807, 2.05) is 12.1 Å². The Balaban J connectivity index is 2.61. The molecule has 0 aliphatic heterocycles. The summed E-state index contributed by atoms with van der Waals surface area (Å²) in [5.74, 6) is -0.549. The van der Waals surface area contributed by atoms with Crippen molar-refractivity contribution in [3.05, 3.63) is 35.4 Å². The highest BCUT2D eigenvalue weighted by Crippen LogP contribution is 2.09. The lowest BCUT2D eigenvalue weighted by Crippen LogP contribution is -2.32. The summed E-state index contributed by atoms with van der Waals surface area (Å²) >= 11 is 4.55. The summed E-state index contributed by atoms with van der Waals surface area (Å²) in [6.07, 6.45) is 0.662. The lowest BCUT2D eigenvalue weighted by molar-refractivity contribution is 0.0387. The minimum Gasteiger partial charge on any atom is -0.396 e. The van der Waals surface area contributed by atoms with Crippen molar-refractivity contribution in [3.63, 3.8) is 0 Å². The van der Waals surface area contributed by atoms with Crippen LogP contribution in [0, 0.1) is 0 Å². The first-order chi connectivity index (χ1) is 9.15. The van der Waals surface area contributed by atoms with Gasteiger partial charge in [0.1, 0.15) is 0 Å². The smallest absolute Gasteiger partial charge is 0.363 e. The van der Waals surface area contributed by atoms with Gasteiger partial charge in [-0.05, 0) is 36.8 Å². The molecule has 0 spiro atoms. The molecule has 0 unspecified atom stereocenters. The van der Waals surface area contributed by atoms with Crippen molar-refractivity contribution in [2.75, 3.05) is 13.2 Å². The molecular weight excluding hydrogens is 266 g/mol. The van der Waals surface area contributed by atoms with E-state index in [1.54, 1.807) is 12.1 Å². The molecule has 1 aromatic rings. The molecule has 0 radical (unpaired) electrons. The molecule has 7 heteroatoms. The van der Waals surface area contributed by atoms with Crippen molar-refractivity contribution < 1.29 is 14.7 Å². The molecule has 6 nitrogen and oxygen atoms in total. The molecule has 0 aromatic heterocycles. The number of hydroxylamine groups is 1. The third kappa shape index (κ3) is 5.64. The van der Waals surface area contributed by atoms with E-state index in [0.717, 1.165) is 5.56 Å². The SMILES string of the molecule is NC(=S)NOC(=O)c1ccccc1CNCCCO. The molecule has 0 saturated carbocycles. The van der Waals surface area contributed by atoms with E-state index in [9.17, 15) is 4.79 Å². The van der Waals surface area contributed by atoms with Crippen LogP contribution in [0.2, 0.25) is 0 Å². The molecule has 0 bridgehead atoms. The molecule has 5 N–H and O–H groups in total. The second-order valence-corrected chi connectivity index (χ2v) is 4.21.